The SMILES string of the molecule is CCCC(N)c1cc(OC)ccc1OC. The normalized spacial score (nSPS) is 12.3. The molecule has 3 heteroatoms. The van der Waals surface area contributed by atoms with E-state index >= 15 is 0 Å². The molecule has 15 heavy (non-hydrogen) atoms. The van der Waals surface area contributed by atoms with Crippen molar-refractivity contribution in [2.24, 2.45) is 5.73 Å². The first kappa shape index (κ1) is 11.9. The molecule has 0 saturated carbocycles. The van der Waals surface area contributed by atoms with E-state index in [4.69, 9.17) is 15.2 Å². The summed E-state index contributed by atoms with van der Waals surface area (Å²) in [4.78, 5) is 0. The van der Waals surface area contributed by atoms with Crippen LogP contribution in [-0.2, 0) is 0 Å². The van der Waals surface area contributed by atoms with Gasteiger partial charge < -0.3 is 15.2 Å². The summed E-state index contributed by atoms with van der Waals surface area (Å²) in [6, 6.07) is 5.73. The number of ether oxygens (including phenoxy) is 2. The van der Waals surface area contributed by atoms with Crippen molar-refractivity contribution in [3.63, 3.8) is 0 Å². The zero-order chi connectivity index (χ0) is 11.3. The summed E-state index contributed by atoms with van der Waals surface area (Å²) in [6.45, 7) is 2.12. The highest BCUT2D eigenvalue weighted by Gasteiger charge is 2.12. The minimum atomic E-state index is 0.0139. The van der Waals surface area contributed by atoms with Gasteiger partial charge in [-0.15, -0.1) is 0 Å². The van der Waals surface area contributed by atoms with Crippen LogP contribution in [0.5, 0.6) is 11.5 Å². The van der Waals surface area contributed by atoms with Gasteiger partial charge in [0, 0.05) is 11.6 Å². The highest BCUT2D eigenvalue weighted by Crippen LogP contribution is 2.30. The molecule has 1 atom stereocenters. The molecule has 0 aliphatic rings. The molecule has 0 aliphatic carbocycles. The molecule has 84 valence electrons. The molecule has 0 fully saturated rings. The van der Waals surface area contributed by atoms with Gasteiger partial charge in [0.25, 0.3) is 0 Å². The van der Waals surface area contributed by atoms with E-state index in [-0.39, 0.29) is 6.04 Å². The van der Waals surface area contributed by atoms with Gasteiger partial charge in [0.2, 0.25) is 0 Å². The predicted octanol–water partition coefficient (Wildman–Crippen LogP) is 2.50. The number of methoxy groups -OCH3 is 2. The van der Waals surface area contributed by atoms with Gasteiger partial charge in [-0.25, -0.2) is 0 Å². The van der Waals surface area contributed by atoms with Gasteiger partial charge in [-0.2, -0.15) is 0 Å². The van der Waals surface area contributed by atoms with E-state index in [0.717, 1.165) is 29.9 Å². The van der Waals surface area contributed by atoms with Crippen LogP contribution in [0.25, 0.3) is 0 Å². The van der Waals surface area contributed by atoms with E-state index in [1.54, 1.807) is 14.2 Å². The molecule has 1 unspecified atom stereocenters. The summed E-state index contributed by atoms with van der Waals surface area (Å²) >= 11 is 0. The molecule has 0 saturated heterocycles. The summed E-state index contributed by atoms with van der Waals surface area (Å²) < 4.78 is 10.4. The van der Waals surface area contributed by atoms with E-state index in [9.17, 15) is 0 Å². The minimum Gasteiger partial charge on any atom is -0.497 e. The standard InChI is InChI=1S/C12H19NO2/c1-4-5-11(13)10-8-9(14-2)6-7-12(10)15-3/h6-8,11H,4-5,13H2,1-3H3. The lowest BCUT2D eigenvalue weighted by Crippen LogP contribution is -2.11. The first-order valence-corrected chi connectivity index (χ1v) is 5.20. The van der Waals surface area contributed by atoms with Crippen LogP contribution in [0.4, 0.5) is 0 Å². The van der Waals surface area contributed by atoms with Gasteiger partial charge in [-0.1, -0.05) is 13.3 Å². The lowest BCUT2D eigenvalue weighted by atomic mass is 10.0. The number of hydrogen-bond donors (Lipinski definition) is 1. The minimum absolute atomic E-state index is 0.0139. The molecule has 0 heterocycles. The van der Waals surface area contributed by atoms with Crippen molar-refractivity contribution >= 4 is 0 Å². The van der Waals surface area contributed by atoms with E-state index in [2.05, 4.69) is 6.92 Å². The van der Waals surface area contributed by atoms with Crippen molar-refractivity contribution < 1.29 is 9.47 Å². The van der Waals surface area contributed by atoms with Crippen LogP contribution in [0.1, 0.15) is 31.4 Å². The quantitative estimate of drug-likeness (QED) is 0.810. The van der Waals surface area contributed by atoms with E-state index in [1.807, 2.05) is 18.2 Å². The van der Waals surface area contributed by atoms with Crippen LogP contribution in [0, 0.1) is 0 Å². The fraction of sp³-hybridized carbons (Fsp3) is 0.500. The number of hydrogen-bond acceptors (Lipinski definition) is 3. The van der Waals surface area contributed by atoms with Crippen molar-refractivity contribution in [1.82, 2.24) is 0 Å². The molecular formula is C12H19NO2. The molecule has 0 amide bonds. The maximum atomic E-state index is 6.07. The van der Waals surface area contributed by atoms with Gasteiger partial charge in [0.05, 0.1) is 14.2 Å². The molecule has 0 bridgehead atoms. The van der Waals surface area contributed by atoms with Crippen molar-refractivity contribution in [3.8, 4) is 11.5 Å². The predicted molar refractivity (Wildman–Crippen MR) is 61.4 cm³/mol. The maximum absolute atomic E-state index is 6.07. The zero-order valence-corrected chi connectivity index (χ0v) is 9.62. The lowest BCUT2D eigenvalue weighted by Gasteiger charge is -2.15. The van der Waals surface area contributed by atoms with Gasteiger partial charge in [-0.3, -0.25) is 0 Å². The summed E-state index contributed by atoms with van der Waals surface area (Å²) in [7, 11) is 3.31. The van der Waals surface area contributed by atoms with Crippen molar-refractivity contribution in [2.45, 2.75) is 25.8 Å². The van der Waals surface area contributed by atoms with Crippen LogP contribution in [0.2, 0.25) is 0 Å². The first-order chi connectivity index (χ1) is 7.22. The van der Waals surface area contributed by atoms with E-state index < -0.39 is 0 Å². The molecule has 1 aromatic rings. The Morgan fingerprint density at radius 2 is 2.00 bits per heavy atom. The molecule has 1 rings (SSSR count). The molecule has 0 aliphatic heterocycles. The fourth-order valence-corrected chi connectivity index (χ4v) is 1.60. The summed E-state index contributed by atoms with van der Waals surface area (Å²) in [6.07, 6.45) is 2.01. The molecule has 2 N–H and O–H groups in total. The highest BCUT2D eigenvalue weighted by atomic mass is 16.5. The Morgan fingerprint density at radius 1 is 1.27 bits per heavy atom. The van der Waals surface area contributed by atoms with Crippen LogP contribution in [0.15, 0.2) is 18.2 Å². The van der Waals surface area contributed by atoms with Crippen LogP contribution in [-0.4, -0.2) is 14.2 Å². The zero-order valence-electron chi connectivity index (χ0n) is 9.62. The summed E-state index contributed by atoms with van der Waals surface area (Å²) in [5.74, 6) is 1.65. The molecular weight excluding hydrogens is 190 g/mol. The van der Waals surface area contributed by atoms with E-state index in [0.29, 0.717) is 0 Å². The number of nitrogens with two attached hydrogens (primary N) is 1. The summed E-state index contributed by atoms with van der Waals surface area (Å²) in [5, 5.41) is 0. The fourth-order valence-electron chi connectivity index (χ4n) is 1.60. The summed E-state index contributed by atoms with van der Waals surface area (Å²) in [5.41, 5.74) is 7.08. The van der Waals surface area contributed by atoms with Crippen molar-refractivity contribution in [1.29, 1.82) is 0 Å². The third-order valence-corrected chi connectivity index (χ3v) is 2.44. The second kappa shape index (κ2) is 5.61. The van der Waals surface area contributed by atoms with Gasteiger partial charge in [-0.05, 0) is 24.6 Å². The monoisotopic (exact) mass is 209 g/mol. The Morgan fingerprint density at radius 3 is 2.53 bits per heavy atom. The van der Waals surface area contributed by atoms with Crippen LogP contribution in [0.3, 0.4) is 0 Å². The Balaban J connectivity index is 3.00. The van der Waals surface area contributed by atoms with Gasteiger partial charge in [0.15, 0.2) is 0 Å². The Hall–Kier alpha value is -1.22. The molecule has 3 nitrogen and oxygen atoms in total. The van der Waals surface area contributed by atoms with Gasteiger partial charge >= 0.3 is 0 Å². The molecule has 0 aromatic heterocycles. The van der Waals surface area contributed by atoms with Crippen molar-refractivity contribution in [3.05, 3.63) is 23.8 Å². The average molecular weight is 209 g/mol. The number of rotatable bonds is 5. The highest BCUT2D eigenvalue weighted by molar-refractivity contribution is 5.42. The second-order valence-corrected chi connectivity index (χ2v) is 3.50. The average Bonchev–Trinajstić information content (AvgIpc) is 2.28. The Bertz CT molecular complexity index is 312. The van der Waals surface area contributed by atoms with E-state index in [1.165, 1.54) is 0 Å². The van der Waals surface area contributed by atoms with Crippen LogP contribution < -0.4 is 15.2 Å². The largest absolute Gasteiger partial charge is 0.497 e. The Labute approximate surface area is 91.2 Å². The third kappa shape index (κ3) is 2.86. The third-order valence-electron chi connectivity index (χ3n) is 2.44. The second-order valence-electron chi connectivity index (χ2n) is 3.50. The topological polar surface area (TPSA) is 44.5 Å². The molecule has 0 radical (unpaired) electrons. The number of benzene rings is 1. The smallest absolute Gasteiger partial charge is 0.123 e. The van der Waals surface area contributed by atoms with Crippen molar-refractivity contribution in [2.75, 3.05) is 14.2 Å². The lowest BCUT2D eigenvalue weighted by molar-refractivity contribution is 0.394. The molecule has 0 spiro atoms. The van der Waals surface area contributed by atoms with Crippen LogP contribution >= 0.6 is 0 Å². The van der Waals surface area contributed by atoms with Gasteiger partial charge in [0.1, 0.15) is 11.5 Å². The molecule has 1 aromatic carbocycles. The maximum Gasteiger partial charge on any atom is 0.123 e. The Kier molecular flexibility index (Phi) is 4.43. The first-order valence-electron chi connectivity index (χ1n) is 5.20.